The first-order valence-electron chi connectivity index (χ1n) is 13.9. The highest BCUT2D eigenvalue weighted by Gasteiger charge is 2.53. The van der Waals surface area contributed by atoms with Gasteiger partial charge in [-0.2, -0.15) is 0 Å². The minimum atomic E-state index is -2.04. The van der Waals surface area contributed by atoms with Gasteiger partial charge in [0, 0.05) is 19.4 Å². The minimum Gasteiger partial charge on any atom is -0.504 e. The van der Waals surface area contributed by atoms with E-state index in [2.05, 4.69) is 0 Å². The second-order valence-electron chi connectivity index (χ2n) is 10.7. The van der Waals surface area contributed by atoms with Crippen LogP contribution in [-0.2, 0) is 35.2 Å². The number of carbonyl (C=O) groups is 3. The normalized spacial score (nSPS) is 25.8. The van der Waals surface area contributed by atoms with Crippen molar-refractivity contribution < 1.29 is 64.3 Å². The van der Waals surface area contributed by atoms with Crippen molar-refractivity contribution in [3.63, 3.8) is 0 Å². The van der Waals surface area contributed by atoms with E-state index in [1.165, 1.54) is 48.6 Å². The quantitative estimate of drug-likeness (QED) is 0.150. The standard InChI is InChI=1S/C31H34O13/c32-15-19-12-25(38)24(37)11-18(19)5-8-22(35)27-2-1-9-42-29-26(39)13-31(30(40)41,14-28(29)44-27)43-16-20(33)6-3-17-4-7-21(34)23(36)10-17/h3-8,10-12,26-29,32,34,36-39H,1-2,9,13-16H2,(H,40,41). The number of phenolic OH excluding ortho intramolecular Hbond substituents is 4. The van der Waals surface area contributed by atoms with Crippen molar-refractivity contribution >= 4 is 29.7 Å². The zero-order chi connectivity index (χ0) is 32.0. The van der Waals surface area contributed by atoms with E-state index < -0.39 is 78.7 Å². The fourth-order valence-corrected chi connectivity index (χ4v) is 5.20. The molecule has 5 unspecified atom stereocenters. The lowest BCUT2D eigenvalue weighted by Crippen LogP contribution is -2.60. The Bertz CT molecular complexity index is 1450. The number of hydrogen-bond donors (Lipinski definition) is 7. The lowest BCUT2D eigenvalue weighted by molar-refractivity contribution is -0.225. The Morgan fingerprint density at radius 3 is 2.39 bits per heavy atom. The number of phenols is 4. The van der Waals surface area contributed by atoms with Crippen LogP contribution < -0.4 is 0 Å². The molecule has 13 heteroatoms. The summed E-state index contributed by atoms with van der Waals surface area (Å²) in [6.45, 7) is -0.946. The number of carboxylic acids is 1. The van der Waals surface area contributed by atoms with Crippen LogP contribution in [0.25, 0.3) is 12.2 Å². The van der Waals surface area contributed by atoms with E-state index in [1.807, 2.05) is 0 Å². The molecule has 1 aliphatic heterocycles. The zero-order valence-electron chi connectivity index (χ0n) is 23.5. The maximum atomic E-state index is 13.2. The summed E-state index contributed by atoms with van der Waals surface area (Å²) in [6.07, 6.45) is 0.444. The number of aliphatic hydroxyl groups is 2. The third-order valence-electron chi connectivity index (χ3n) is 7.57. The van der Waals surface area contributed by atoms with E-state index in [0.29, 0.717) is 12.0 Å². The molecule has 0 radical (unpaired) electrons. The molecule has 13 nitrogen and oxygen atoms in total. The summed E-state index contributed by atoms with van der Waals surface area (Å²) in [5.41, 5.74) is -1.08. The number of ketones is 2. The van der Waals surface area contributed by atoms with Crippen molar-refractivity contribution in [3.05, 3.63) is 59.2 Å². The van der Waals surface area contributed by atoms with Crippen molar-refractivity contribution in [3.8, 4) is 23.0 Å². The van der Waals surface area contributed by atoms with Crippen LogP contribution in [0.2, 0.25) is 0 Å². The first-order chi connectivity index (χ1) is 20.9. The zero-order valence-corrected chi connectivity index (χ0v) is 23.5. The van der Waals surface area contributed by atoms with Crippen molar-refractivity contribution in [2.75, 3.05) is 13.2 Å². The van der Waals surface area contributed by atoms with Gasteiger partial charge in [0.15, 0.2) is 40.2 Å². The number of carboxylic acid groups (broad SMARTS) is 1. The van der Waals surface area contributed by atoms with E-state index >= 15 is 0 Å². The second kappa shape index (κ2) is 14.0. The molecule has 2 aromatic carbocycles. The Morgan fingerprint density at radius 1 is 0.955 bits per heavy atom. The van der Waals surface area contributed by atoms with Gasteiger partial charge in [-0.15, -0.1) is 0 Å². The molecule has 0 bridgehead atoms. The number of carbonyl (C=O) groups excluding carboxylic acids is 2. The van der Waals surface area contributed by atoms with Gasteiger partial charge in [-0.3, -0.25) is 9.59 Å². The summed E-state index contributed by atoms with van der Waals surface area (Å²) in [5, 5.41) is 69.1. The Balaban J connectivity index is 1.48. The number of aliphatic carboxylic acids is 1. The lowest BCUT2D eigenvalue weighted by Gasteiger charge is -2.45. The molecule has 2 aliphatic rings. The number of aromatic hydroxyl groups is 4. The number of fused-ring (bicyclic) bond motifs is 1. The minimum absolute atomic E-state index is 0.173. The van der Waals surface area contributed by atoms with Crippen LogP contribution in [0.3, 0.4) is 0 Å². The molecule has 5 atom stereocenters. The SMILES string of the molecule is O=C(C=Cc1ccc(O)c(O)c1)COC1(C(=O)O)CC(O)C2OCCCC(C(=O)C=Cc3cc(O)c(O)cc3CO)OC2C1. The summed E-state index contributed by atoms with van der Waals surface area (Å²) >= 11 is 0. The van der Waals surface area contributed by atoms with Gasteiger partial charge in [0.25, 0.3) is 0 Å². The van der Waals surface area contributed by atoms with Crippen LogP contribution in [-0.4, -0.2) is 96.5 Å². The van der Waals surface area contributed by atoms with E-state index in [0.717, 1.165) is 6.08 Å². The molecule has 1 saturated carbocycles. The lowest BCUT2D eigenvalue weighted by atomic mass is 9.78. The number of benzene rings is 2. The average molecular weight is 615 g/mol. The largest absolute Gasteiger partial charge is 0.504 e. The molecule has 2 aromatic rings. The van der Waals surface area contributed by atoms with Gasteiger partial charge < -0.3 is 50.0 Å². The van der Waals surface area contributed by atoms with Gasteiger partial charge in [-0.1, -0.05) is 18.2 Å². The van der Waals surface area contributed by atoms with E-state index in [9.17, 15) is 50.1 Å². The summed E-state index contributed by atoms with van der Waals surface area (Å²) in [4.78, 5) is 38.1. The van der Waals surface area contributed by atoms with E-state index in [1.54, 1.807) is 0 Å². The molecular formula is C31H34O13. The van der Waals surface area contributed by atoms with Gasteiger partial charge in [-0.05, 0) is 65.9 Å². The van der Waals surface area contributed by atoms with Crippen LogP contribution in [0.4, 0.5) is 0 Å². The molecule has 2 fully saturated rings. The summed E-state index contributed by atoms with van der Waals surface area (Å²) in [5.74, 6) is -4.12. The molecule has 1 heterocycles. The van der Waals surface area contributed by atoms with Crippen molar-refractivity contribution in [1.29, 1.82) is 0 Å². The monoisotopic (exact) mass is 614 g/mol. The van der Waals surface area contributed by atoms with Crippen LogP contribution in [0.5, 0.6) is 23.0 Å². The maximum Gasteiger partial charge on any atom is 0.336 e. The third kappa shape index (κ3) is 7.62. The van der Waals surface area contributed by atoms with Crippen molar-refractivity contribution in [2.24, 2.45) is 0 Å². The van der Waals surface area contributed by atoms with Gasteiger partial charge in [0.2, 0.25) is 0 Å². The highest BCUT2D eigenvalue weighted by molar-refractivity contribution is 5.97. The van der Waals surface area contributed by atoms with E-state index in [4.69, 9.17) is 14.2 Å². The average Bonchev–Trinajstić information content (AvgIpc) is 2.97. The Hall–Kier alpha value is -4.27. The second-order valence-corrected chi connectivity index (χ2v) is 10.7. The molecule has 1 aliphatic carbocycles. The molecular weight excluding hydrogens is 580 g/mol. The summed E-state index contributed by atoms with van der Waals surface area (Å²) in [6, 6.07) is 6.28. The first kappa shape index (κ1) is 32.6. The Kier molecular flexibility index (Phi) is 10.4. The highest BCUT2D eigenvalue weighted by atomic mass is 16.6. The van der Waals surface area contributed by atoms with E-state index in [-0.39, 0.29) is 42.1 Å². The van der Waals surface area contributed by atoms with Gasteiger partial charge >= 0.3 is 5.97 Å². The molecule has 44 heavy (non-hydrogen) atoms. The number of hydrogen-bond acceptors (Lipinski definition) is 12. The summed E-state index contributed by atoms with van der Waals surface area (Å²) < 4.78 is 17.4. The smallest absolute Gasteiger partial charge is 0.336 e. The molecule has 1 saturated heterocycles. The summed E-state index contributed by atoms with van der Waals surface area (Å²) in [7, 11) is 0. The number of ether oxygens (including phenoxy) is 3. The van der Waals surface area contributed by atoms with Gasteiger partial charge in [-0.25, -0.2) is 4.79 Å². The number of rotatable bonds is 10. The molecule has 0 amide bonds. The topological polar surface area (TPSA) is 221 Å². The van der Waals surface area contributed by atoms with Gasteiger partial charge in [0.1, 0.15) is 18.8 Å². The predicted octanol–water partition coefficient (Wildman–Crippen LogP) is 1.79. The van der Waals surface area contributed by atoms with Crippen LogP contribution in [0.15, 0.2) is 42.5 Å². The molecule has 7 N–H and O–H groups in total. The number of aliphatic hydroxyl groups excluding tert-OH is 2. The van der Waals surface area contributed by atoms with Crippen molar-refractivity contribution in [1.82, 2.24) is 0 Å². The highest BCUT2D eigenvalue weighted by Crippen LogP contribution is 2.38. The fraction of sp³-hybridized carbons (Fsp3) is 0.387. The Labute approximate surface area is 251 Å². The fourth-order valence-electron chi connectivity index (χ4n) is 5.20. The molecule has 0 aromatic heterocycles. The first-order valence-corrected chi connectivity index (χ1v) is 13.9. The van der Waals surface area contributed by atoms with Gasteiger partial charge in [0.05, 0.1) is 18.8 Å². The predicted molar refractivity (Wildman–Crippen MR) is 153 cm³/mol. The van der Waals surface area contributed by atoms with Crippen molar-refractivity contribution in [2.45, 2.75) is 62.3 Å². The third-order valence-corrected chi connectivity index (χ3v) is 7.57. The molecule has 0 spiro atoms. The van der Waals surface area contributed by atoms with Crippen LogP contribution in [0, 0.1) is 0 Å². The van der Waals surface area contributed by atoms with Crippen LogP contribution >= 0.6 is 0 Å². The maximum absolute atomic E-state index is 13.2. The molecule has 236 valence electrons. The van der Waals surface area contributed by atoms with Crippen LogP contribution in [0.1, 0.15) is 42.4 Å². The Morgan fingerprint density at radius 2 is 1.68 bits per heavy atom. The molecule has 4 rings (SSSR count).